The smallest absolute Gasteiger partial charge is 0.258 e. The van der Waals surface area contributed by atoms with Crippen LogP contribution in [0.2, 0.25) is 0 Å². The summed E-state index contributed by atoms with van der Waals surface area (Å²) >= 11 is 0. The van der Waals surface area contributed by atoms with E-state index in [1.807, 2.05) is 0 Å². The van der Waals surface area contributed by atoms with Crippen LogP contribution in [0.25, 0.3) is 27.8 Å². The molecule has 1 fully saturated rings. The lowest BCUT2D eigenvalue weighted by Crippen LogP contribution is -2.30. The van der Waals surface area contributed by atoms with E-state index in [9.17, 15) is 14.0 Å². The number of likely N-dealkylation sites (tertiary alicyclic amines) is 1. The molecule has 34 heavy (non-hydrogen) atoms. The molecule has 2 aromatic heterocycles. The highest BCUT2D eigenvalue weighted by Crippen LogP contribution is 2.21. The van der Waals surface area contributed by atoms with Gasteiger partial charge < -0.3 is 19.4 Å². The number of ether oxygens (including phenoxy) is 2. The van der Waals surface area contributed by atoms with Crippen LogP contribution in [-0.4, -0.2) is 70.3 Å². The van der Waals surface area contributed by atoms with Crippen LogP contribution in [0.3, 0.4) is 0 Å². The van der Waals surface area contributed by atoms with Gasteiger partial charge in [-0.25, -0.2) is 9.07 Å². The van der Waals surface area contributed by atoms with Crippen LogP contribution in [0.4, 0.5) is 4.39 Å². The molecule has 1 saturated heterocycles. The van der Waals surface area contributed by atoms with Crippen molar-refractivity contribution >= 4 is 16.8 Å². The van der Waals surface area contributed by atoms with Crippen molar-refractivity contribution in [1.29, 1.82) is 0 Å². The summed E-state index contributed by atoms with van der Waals surface area (Å²) in [7, 11) is 3.21. The van der Waals surface area contributed by atoms with E-state index in [0.717, 1.165) is 0 Å². The second-order valence-corrected chi connectivity index (χ2v) is 8.10. The minimum atomic E-state index is -0.395. The van der Waals surface area contributed by atoms with Crippen molar-refractivity contribution < 1.29 is 18.7 Å². The molecule has 4 aromatic rings. The topological polar surface area (TPSA) is 102 Å². The van der Waals surface area contributed by atoms with Gasteiger partial charge >= 0.3 is 0 Å². The number of nitrogens with one attached hydrogen (secondary N) is 1. The summed E-state index contributed by atoms with van der Waals surface area (Å²) < 4.78 is 25.9. The molecule has 2 aromatic carbocycles. The summed E-state index contributed by atoms with van der Waals surface area (Å²) in [6.07, 6.45) is 1.30. The van der Waals surface area contributed by atoms with Gasteiger partial charge in [0.05, 0.1) is 17.4 Å². The molecule has 3 heterocycles. The third kappa shape index (κ3) is 3.97. The molecule has 0 bridgehead atoms. The van der Waals surface area contributed by atoms with Crippen LogP contribution in [0.5, 0.6) is 0 Å². The highest BCUT2D eigenvalue weighted by atomic mass is 19.1. The van der Waals surface area contributed by atoms with Crippen molar-refractivity contribution in [3.8, 4) is 16.9 Å². The number of rotatable bonds is 5. The van der Waals surface area contributed by atoms with Crippen molar-refractivity contribution in [2.45, 2.75) is 12.2 Å². The predicted molar refractivity (Wildman–Crippen MR) is 122 cm³/mol. The molecule has 1 aliphatic rings. The van der Waals surface area contributed by atoms with Crippen LogP contribution in [0.15, 0.2) is 59.5 Å². The fourth-order valence-electron chi connectivity index (χ4n) is 4.18. The standard InChI is InChI=1S/C24H22FN5O4/c1-33-21-12-29(13-22(21)34-2)24(32)14-3-6-17(7-4-14)30-11-20(27-28-30)18-10-15-9-16(25)5-8-19(15)26-23(18)31/h3-11,21-22H,12-13H2,1-2H3,(H,26,31)/t21-,22-/m1/s1. The summed E-state index contributed by atoms with van der Waals surface area (Å²) in [5.41, 5.74) is 2.02. The van der Waals surface area contributed by atoms with E-state index < -0.39 is 5.82 Å². The van der Waals surface area contributed by atoms with Gasteiger partial charge in [-0.3, -0.25) is 9.59 Å². The van der Waals surface area contributed by atoms with E-state index in [0.29, 0.717) is 40.9 Å². The van der Waals surface area contributed by atoms with Gasteiger partial charge in [-0.2, -0.15) is 0 Å². The molecule has 0 spiro atoms. The lowest BCUT2D eigenvalue weighted by molar-refractivity contribution is -0.00461. The van der Waals surface area contributed by atoms with Gasteiger partial charge in [0.2, 0.25) is 0 Å². The molecule has 174 valence electrons. The molecular weight excluding hydrogens is 441 g/mol. The molecule has 0 radical (unpaired) electrons. The first kappa shape index (κ1) is 21.9. The average molecular weight is 463 g/mol. The summed E-state index contributed by atoms with van der Waals surface area (Å²) in [6.45, 7) is 0.929. The first-order valence-corrected chi connectivity index (χ1v) is 10.7. The third-order valence-electron chi connectivity index (χ3n) is 6.06. The Hall–Kier alpha value is -3.89. The third-order valence-corrected chi connectivity index (χ3v) is 6.06. The van der Waals surface area contributed by atoms with Crippen LogP contribution in [0.1, 0.15) is 10.4 Å². The number of carbonyl (C=O) groups is 1. The van der Waals surface area contributed by atoms with E-state index in [1.165, 1.54) is 22.9 Å². The Morgan fingerprint density at radius 3 is 2.44 bits per heavy atom. The number of methoxy groups -OCH3 is 2. The molecule has 1 N–H and O–H groups in total. The van der Waals surface area contributed by atoms with Gasteiger partial charge in [0.1, 0.15) is 23.7 Å². The lowest BCUT2D eigenvalue weighted by Gasteiger charge is -2.16. The van der Waals surface area contributed by atoms with E-state index in [-0.39, 0.29) is 29.2 Å². The Bertz CT molecular complexity index is 1400. The molecule has 10 heteroatoms. The van der Waals surface area contributed by atoms with Gasteiger partial charge in [-0.05, 0) is 48.5 Å². The minimum Gasteiger partial charge on any atom is -0.377 e. The summed E-state index contributed by atoms with van der Waals surface area (Å²) in [6, 6.07) is 12.7. The molecule has 0 aliphatic carbocycles. The largest absolute Gasteiger partial charge is 0.377 e. The normalized spacial score (nSPS) is 18.0. The van der Waals surface area contributed by atoms with E-state index in [2.05, 4.69) is 15.3 Å². The monoisotopic (exact) mass is 463 g/mol. The van der Waals surface area contributed by atoms with Gasteiger partial charge in [0, 0.05) is 43.8 Å². The average Bonchev–Trinajstić information content (AvgIpc) is 3.51. The van der Waals surface area contributed by atoms with E-state index >= 15 is 0 Å². The van der Waals surface area contributed by atoms with Crippen LogP contribution < -0.4 is 5.56 Å². The fraction of sp³-hybridized carbons (Fsp3) is 0.250. The first-order valence-electron chi connectivity index (χ1n) is 10.7. The van der Waals surface area contributed by atoms with Crippen molar-refractivity contribution in [3.05, 3.63) is 76.5 Å². The SMILES string of the molecule is CO[C@@H]1CN(C(=O)c2ccc(-n3cc(-c4cc5cc(F)ccc5[nH]c4=O)nn3)cc2)C[C@H]1OC. The van der Waals surface area contributed by atoms with Crippen LogP contribution in [0, 0.1) is 5.82 Å². The number of hydrogen-bond donors (Lipinski definition) is 1. The zero-order valence-corrected chi connectivity index (χ0v) is 18.6. The molecule has 2 atom stereocenters. The summed E-state index contributed by atoms with van der Waals surface area (Å²) in [5.74, 6) is -0.504. The van der Waals surface area contributed by atoms with Crippen LogP contribution in [-0.2, 0) is 9.47 Å². The number of H-pyrrole nitrogens is 1. The number of hydrogen-bond acceptors (Lipinski definition) is 6. The number of fused-ring (bicyclic) bond motifs is 1. The van der Waals surface area contributed by atoms with Crippen LogP contribution >= 0.6 is 0 Å². The Labute approximate surface area is 193 Å². The number of benzene rings is 2. The highest BCUT2D eigenvalue weighted by molar-refractivity contribution is 5.94. The molecule has 1 aliphatic heterocycles. The minimum absolute atomic E-state index is 0.109. The second-order valence-electron chi connectivity index (χ2n) is 8.10. The van der Waals surface area contributed by atoms with Crippen molar-refractivity contribution in [3.63, 3.8) is 0 Å². The van der Waals surface area contributed by atoms with Crippen molar-refractivity contribution in [2.75, 3.05) is 27.3 Å². The van der Waals surface area contributed by atoms with Crippen molar-refractivity contribution in [1.82, 2.24) is 24.9 Å². The number of nitrogens with zero attached hydrogens (tertiary/aromatic N) is 4. The zero-order valence-electron chi connectivity index (χ0n) is 18.6. The molecule has 0 saturated carbocycles. The summed E-state index contributed by atoms with van der Waals surface area (Å²) in [5, 5.41) is 8.77. The number of pyridine rings is 1. The first-order chi connectivity index (χ1) is 16.5. The fourth-order valence-corrected chi connectivity index (χ4v) is 4.18. The number of amides is 1. The maximum atomic E-state index is 13.6. The molecule has 5 rings (SSSR count). The Morgan fingerprint density at radius 2 is 1.76 bits per heavy atom. The number of aromatic nitrogens is 4. The Balaban J connectivity index is 1.37. The maximum absolute atomic E-state index is 13.6. The number of aromatic amines is 1. The Kier molecular flexibility index (Phi) is 5.68. The maximum Gasteiger partial charge on any atom is 0.258 e. The molecule has 9 nitrogen and oxygen atoms in total. The number of carbonyl (C=O) groups excluding carboxylic acids is 1. The van der Waals surface area contributed by atoms with Gasteiger partial charge in [-0.15, -0.1) is 5.10 Å². The molecular formula is C24H22FN5O4. The van der Waals surface area contributed by atoms with E-state index in [4.69, 9.17) is 9.47 Å². The zero-order chi connectivity index (χ0) is 23.8. The molecule has 1 amide bonds. The quantitative estimate of drug-likeness (QED) is 0.488. The van der Waals surface area contributed by atoms with Gasteiger partial charge in [-0.1, -0.05) is 5.21 Å². The Morgan fingerprint density at radius 1 is 1.06 bits per heavy atom. The highest BCUT2D eigenvalue weighted by Gasteiger charge is 2.35. The molecule has 0 unspecified atom stereocenters. The predicted octanol–water partition coefficient (Wildman–Crippen LogP) is 2.40. The second kappa shape index (κ2) is 8.81. The summed E-state index contributed by atoms with van der Waals surface area (Å²) in [4.78, 5) is 29.8. The lowest BCUT2D eigenvalue weighted by atomic mass is 10.1. The van der Waals surface area contributed by atoms with Gasteiger partial charge in [0.15, 0.2) is 0 Å². The van der Waals surface area contributed by atoms with Gasteiger partial charge in [0.25, 0.3) is 11.5 Å². The van der Waals surface area contributed by atoms with E-state index in [1.54, 1.807) is 55.6 Å². The van der Waals surface area contributed by atoms with Crippen molar-refractivity contribution in [2.24, 2.45) is 0 Å². The number of halogens is 1.